The Balaban J connectivity index is 1.27. The standard InChI is InChI=1S/C29H33N7O2/c1-4-38-23-15-21(13-14-30-23)27-32-28(36-35-27)26(25(19-5-6-19)20-7-8-20)29(37)31-22-11-9-18(10-12-22)24-16(2)33-34-17(24)3/h9-15,19-20,25-26H,4-8H2,1-3H3,(H,31,37)(H,33,34)(H,32,35,36). The van der Waals surface area contributed by atoms with Crippen LogP contribution in [0, 0.1) is 31.6 Å². The molecule has 6 rings (SSSR count). The Morgan fingerprint density at radius 3 is 2.39 bits per heavy atom. The van der Waals surface area contributed by atoms with Gasteiger partial charge in [0.05, 0.1) is 12.3 Å². The van der Waals surface area contributed by atoms with Crippen LogP contribution < -0.4 is 10.1 Å². The highest BCUT2D eigenvalue weighted by Gasteiger charge is 2.49. The third kappa shape index (κ3) is 4.92. The normalized spacial score (nSPS) is 16.0. The van der Waals surface area contributed by atoms with Crippen molar-refractivity contribution in [3.05, 3.63) is 59.8 Å². The van der Waals surface area contributed by atoms with E-state index in [-0.39, 0.29) is 17.7 Å². The Labute approximate surface area is 221 Å². The lowest BCUT2D eigenvalue weighted by Crippen LogP contribution is -2.31. The van der Waals surface area contributed by atoms with Crippen LogP contribution in [0.1, 0.15) is 55.7 Å². The minimum Gasteiger partial charge on any atom is -0.478 e. The van der Waals surface area contributed by atoms with Gasteiger partial charge in [0.15, 0.2) is 5.82 Å². The van der Waals surface area contributed by atoms with E-state index in [0.717, 1.165) is 33.8 Å². The average Bonchev–Trinajstić information content (AvgIpc) is 3.85. The molecule has 0 saturated heterocycles. The lowest BCUT2D eigenvalue weighted by molar-refractivity contribution is -0.119. The van der Waals surface area contributed by atoms with Gasteiger partial charge < -0.3 is 10.1 Å². The number of rotatable bonds is 10. The fourth-order valence-corrected chi connectivity index (χ4v) is 5.61. The highest BCUT2D eigenvalue weighted by atomic mass is 16.5. The number of aromatic amines is 2. The maximum absolute atomic E-state index is 13.9. The first-order valence-corrected chi connectivity index (χ1v) is 13.5. The van der Waals surface area contributed by atoms with Crippen molar-refractivity contribution in [3.63, 3.8) is 0 Å². The van der Waals surface area contributed by atoms with Crippen molar-refractivity contribution in [2.24, 2.45) is 17.8 Å². The first-order chi connectivity index (χ1) is 18.5. The van der Waals surface area contributed by atoms with Crippen LogP contribution in [0.15, 0.2) is 42.6 Å². The number of carbonyl (C=O) groups excluding carboxylic acids is 1. The number of ether oxygens (including phenoxy) is 1. The predicted molar refractivity (Wildman–Crippen MR) is 145 cm³/mol. The Morgan fingerprint density at radius 1 is 1.03 bits per heavy atom. The molecule has 1 amide bonds. The second kappa shape index (κ2) is 10.0. The first-order valence-electron chi connectivity index (χ1n) is 13.5. The number of hydrogen-bond acceptors (Lipinski definition) is 6. The Hall–Kier alpha value is -4.01. The summed E-state index contributed by atoms with van der Waals surface area (Å²) < 4.78 is 5.54. The summed E-state index contributed by atoms with van der Waals surface area (Å²) >= 11 is 0. The van der Waals surface area contributed by atoms with Gasteiger partial charge in [-0.15, -0.1) is 0 Å². The molecule has 0 bridgehead atoms. The number of H-pyrrole nitrogens is 2. The zero-order chi connectivity index (χ0) is 26.2. The molecule has 1 unspecified atom stereocenters. The van der Waals surface area contributed by atoms with Gasteiger partial charge in [0.2, 0.25) is 11.8 Å². The van der Waals surface area contributed by atoms with Crippen molar-refractivity contribution < 1.29 is 9.53 Å². The molecule has 1 atom stereocenters. The quantitative estimate of drug-likeness (QED) is 0.261. The van der Waals surface area contributed by atoms with Gasteiger partial charge in [0.25, 0.3) is 0 Å². The second-order valence-electron chi connectivity index (χ2n) is 10.5. The van der Waals surface area contributed by atoms with Crippen molar-refractivity contribution in [3.8, 4) is 28.4 Å². The van der Waals surface area contributed by atoms with E-state index in [1.807, 2.05) is 57.2 Å². The molecule has 0 aliphatic heterocycles. The number of aromatic nitrogens is 6. The highest BCUT2D eigenvalue weighted by molar-refractivity contribution is 5.96. The van der Waals surface area contributed by atoms with E-state index in [2.05, 4.69) is 30.7 Å². The number of anilines is 1. The van der Waals surface area contributed by atoms with Gasteiger partial charge in [0.1, 0.15) is 11.7 Å². The van der Waals surface area contributed by atoms with Crippen molar-refractivity contribution in [1.29, 1.82) is 0 Å². The molecule has 9 nitrogen and oxygen atoms in total. The minimum absolute atomic E-state index is 0.0374. The number of carbonyl (C=O) groups is 1. The van der Waals surface area contributed by atoms with Crippen LogP contribution >= 0.6 is 0 Å². The molecule has 38 heavy (non-hydrogen) atoms. The lowest BCUT2D eigenvalue weighted by Gasteiger charge is -2.24. The summed E-state index contributed by atoms with van der Waals surface area (Å²) in [6.07, 6.45) is 6.38. The van der Waals surface area contributed by atoms with Gasteiger partial charge in [-0.05, 0) is 88.0 Å². The number of nitrogens with zero attached hydrogens (tertiary/aromatic N) is 4. The summed E-state index contributed by atoms with van der Waals surface area (Å²) in [5, 5.41) is 18.1. The molecule has 2 fully saturated rings. The SMILES string of the molecule is CCOc1cc(-c2n[nH]c(C(C(=O)Nc3ccc(-c4c(C)n[nH]c4C)cc3)C(C3CC3)C3CC3)n2)ccn1. The van der Waals surface area contributed by atoms with Crippen LogP contribution in [-0.4, -0.2) is 42.9 Å². The predicted octanol–water partition coefficient (Wildman–Crippen LogP) is 5.43. The molecule has 4 aromatic rings. The molecule has 2 aliphatic carbocycles. The van der Waals surface area contributed by atoms with E-state index in [0.29, 0.717) is 36.0 Å². The van der Waals surface area contributed by atoms with Gasteiger partial charge >= 0.3 is 0 Å². The van der Waals surface area contributed by atoms with Crippen LogP contribution in [0.5, 0.6) is 5.88 Å². The number of pyridine rings is 1. The monoisotopic (exact) mass is 511 g/mol. The minimum atomic E-state index is -0.387. The molecule has 3 aromatic heterocycles. The van der Waals surface area contributed by atoms with Crippen LogP contribution in [0.2, 0.25) is 0 Å². The van der Waals surface area contributed by atoms with Gasteiger partial charge in [0, 0.05) is 34.8 Å². The van der Waals surface area contributed by atoms with E-state index in [1.165, 1.54) is 25.7 Å². The Kier molecular flexibility index (Phi) is 6.43. The lowest BCUT2D eigenvalue weighted by atomic mass is 9.82. The van der Waals surface area contributed by atoms with E-state index >= 15 is 0 Å². The smallest absolute Gasteiger partial charge is 0.235 e. The molecule has 3 heterocycles. The van der Waals surface area contributed by atoms with E-state index < -0.39 is 0 Å². The fraction of sp³-hybridized carbons (Fsp3) is 0.414. The van der Waals surface area contributed by atoms with Crippen LogP contribution in [-0.2, 0) is 4.79 Å². The zero-order valence-electron chi connectivity index (χ0n) is 22.0. The van der Waals surface area contributed by atoms with Gasteiger partial charge in [-0.2, -0.15) is 10.2 Å². The molecule has 3 N–H and O–H groups in total. The Morgan fingerprint density at radius 2 is 1.76 bits per heavy atom. The van der Waals surface area contributed by atoms with Crippen LogP contribution in [0.25, 0.3) is 22.5 Å². The molecule has 0 radical (unpaired) electrons. The topological polar surface area (TPSA) is 121 Å². The summed E-state index contributed by atoms with van der Waals surface area (Å²) in [7, 11) is 0. The molecular weight excluding hydrogens is 478 g/mol. The molecule has 2 aliphatic rings. The third-order valence-corrected chi connectivity index (χ3v) is 7.65. The number of amides is 1. The molecule has 196 valence electrons. The maximum Gasteiger partial charge on any atom is 0.235 e. The number of aryl methyl sites for hydroxylation is 2. The van der Waals surface area contributed by atoms with Crippen LogP contribution in [0.3, 0.4) is 0 Å². The summed E-state index contributed by atoms with van der Waals surface area (Å²) in [6.45, 7) is 6.46. The van der Waals surface area contributed by atoms with E-state index in [9.17, 15) is 4.79 Å². The van der Waals surface area contributed by atoms with Gasteiger partial charge in [-0.3, -0.25) is 15.0 Å². The molecule has 2 saturated carbocycles. The molecular formula is C29H33N7O2. The number of benzene rings is 1. The largest absolute Gasteiger partial charge is 0.478 e. The van der Waals surface area contributed by atoms with E-state index in [1.54, 1.807) is 6.20 Å². The fourth-order valence-electron chi connectivity index (χ4n) is 5.61. The van der Waals surface area contributed by atoms with Crippen LogP contribution in [0.4, 0.5) is 5.69 Å². The number of hydrogen-bond donors (Lipinski definition) is 3. The maximum atomic E-state index is 13.9. The van der Waals surface area contributed by atoms with Gasteiger partial charge in [-0.1, -0.05) is 12.1 Å². The molecule has 0 spiro atoms. The van der Waals surface area contributed by atoms with Crippen molar-refractivity contribution >= 4 is 11.6 Å². The summed E-state index contributed by atoms with van der Waals surface area (Å²) in [6, 6.07) is 11.7. The summed E-state index contributed by atoms with van der Waals surface area (Å²) in [5.74, 6) is 2.66. The molecule has 1 aromatic carbocycles. The summed E-state index contributed by atoms with van der Waals surface area (Å²) in [4.78, 5) is 23.0. The Bertz CT molecular complexity index is 1400. The van der Waals surface area contributed by atoms with Crippen molar-refractivity contribution in [1.82, 2.24) is 30.4 Å². The van der Waals surface area contributed by atoms with E-state index in [4.69, 9.17) is 9.72 Å². The first kappa shape index (κ1) is 24.3. The number of nitrogens with one attached hydrogen (secondary N) is 3. The van der Waals surface area contributed by atoms with Crippen molar-refractivity contribution in [2.75, 3.05) is 11.9 Å². The third-order valence-electron chi connectivity index (χ3n) is 7.65. The zero-order valence-corrected chi connectivity index (χ0v) is 22.0. The van der Waals surface area contributed by atoms with Crippen molar-refractivity contribution in [2.45, 2.75) is 52.4 Å². The second-order valence-corrected chi connectivity index (χ2v) is 10.5. The molecule has 9 heteroatoms. The highest BCUT2D eigenvalue weighted by Crippen LogP contribution is 2.54. The average molecular weight is 512 g/mol. The summed E-state index contributed by atoms with van der Waals surface area (Å²) in [5.41, 5.74) is 5.73. The van der Waals surface area contributed by atoms with Gasteiger partial charge in [-0.25, -0.2) is 9.97 Å².